The molecule has 0 radical (unpaired) electrons. The maximum Gasteiger partial charge on any atom is 0.239 e. The van der Waals surface area contributed by atoms with Gasteiger partial charge in [0.05, 0.1) is 0 Å². The molecule has 0 fully saturated rings. The van der Waals surface area contributed by atoms with Gasteiger partial charge in [0.1, 0.15) is 5.88 Å². The van der Waals surface area contributed by atoms with Crippen LogP contribution in [-0.2, 0) is 4.79 Å². The Bertz CT molecular complexity index is 610. The highest BCUT2D eigenvalue weighted by Crippen LogP contribution is 2.18. The van der Waals surface area contributed by atoms with Gasteiger partial charge in [0.2, 0.25) is 11.9 Å². The molecule has 2 N–H and O–H groups in total. The van der Waals surface area contributed by atoms with E-state index >= 15 is 0 Å². The number of hydrogen-bond acceptors (Lipinski definition) is 4. The maximum atomic E-state index is 11.3. The van der Waals surface area contributed by atoms with Crippen molar-refractivity contribution in [1.29, 1.82) is 0 Å². The molecule has 2 rings (SSSR count). The van der Waals surface area contributed by atoms with E-state index in [-0.39, 0.29) is 11.8 Å². The monoisotopic (exact) mass is 290 g/mol. The summed E-state index contributed by atoms with van der Waals surface area (Å²) >= 11 is 5.46. The topological polar surface area (TPSA) is 66.9 Å². The number of nitrogens with zero attached hydrogens (tertiary/aromatic N) is 2. The average Bonchev–Trinajstić information content (AvgIpc) is 2.37. The fraction of sp³-hybridized carbons (Fsp3) is 0.214. The molecule has 104 valence electrons. The summed E-state index contributed by atoms with van der Waals surface area (Å²) in [6.45, 7) is 3.83. The van der Waals surface area contributed by atoms with Gasteiger partial charge in [0, 0.05) is 22.8 Å². The Labute approximate surface area is 122 Å². The largest absolute Gasteiger partial charge is 0.325 e. The lowest BCUT2D eigenvalue weighted by Gasteiger charge is -2.09. The predicted octanol–water partition coefficient (Wildman–Crippen LogP) is 3.01. The van der Waals surface area contributed by atoms with Crippen molar-refractivity contribution in [2.45, 2.75) is 13.8 Å². The molecule has 0 aliphatic carbocycles. The van der Waals surface area contributed by atoms with Crippen LogP contribution in [0, 0.1) is 13.8 Å². The molecule has 5 nitrogen and oxygen atoms in total. The number of aryl methyl sites for hydroxylation is 2. The minimum Gasteiger partial charge on any atom is -0.325 e. The summed E-state index contributed by atoms with van der Waals surface area (Å²) in [5.74, 6) is 0.215. The zero-order valence-electron chi connectivity index (χ0n) is 11.3. The number of carbonyl (C=O) groups is 1. The van der Waals surface area contributed by atoms with Gasteiger partial charge >= 0.3 is 0 Å². The van der Waals surface area contributed by atoms with E-state index in [9.17, 15) is 4.79 Å². The van der Waals surface area contributed by atoms with Crippen molar-refractivity contribution in [2.75, 3.05) is 16.5 Å². The van der Waals surface area contributed by atoms with E-state index in [1.54, 1.807) is 12.1 Å². The highest BCUT2D eigenvalue weighted by atomic mass is 35.5. The van der Waals surface area contributed by atoms with Crippen LogP contribution in [-0.4, -0.2) is 21.8 Å². The number of nitrogens with one attached hydrogen (secondary N) is 2. The Balaban J connectivity index is 2.17. The molecular formula is C14H15ClN4O. The van der Waals surface area contributed by atoms with Crippen molar-refractivity contribution in [3.63, 3.8) is 0 Å². The molecule has 0 aliphatic heterocycles. The van der Waals surface area contributed by atoms with Crippen LogP contribution in [0.1, 0.15) is 11.4 Å². The summed E-state index contributed by atoms with van der Waals surface area (Å²) in [5, 5.41) is 5.80. The molecule has 0 bridgehead atoms. The van der Waals surface area contributed by atoms with Gasteiger partial charge in [-0.25, -0.2) is 9.97 Å². The van der Waals surface area contributed by atoms with Crippen LogP contribution in [0.4, 0.5) is 17.3 Å². The standard InChI is InChI=1S/C14H15ClN4O/c1-9-6-10(2)17-14(16-9)19-12-5-3-4-11(7-12)18-13(20)8-15/h3-7H,8H2,1-2H3,(H,18,20)(H,16,17,19). The van der Waals surface area contributed by atoms with E-state index in [0.717, 1.165) is 17.1 Å². The number of rotatable bonds is 4. The summed E-state index contributed by atoms with van der Waals surface area (Å²) < 4.78 is 0. The molecule has 0 aliphatic rings. The minimum absolute atomic E-state index is 0.0716. The van der Waals surface area contributed by atoms with Crippen molar-refractivity contribution in [1.82, 2.24) is 9.97 Å². The van der Waals surface area contributed by atoms with Gasteiger partial charge in [-0.3, -0.25) is 4.79 Å². The summed E-state index contributed by atoms with van der Waals surface area (Å²) in [5.41, 5.74) is 3.26. The first kappa shape index (κ1) is 14.3. The molecular weight excluding hydrogens is 276 g/mol. The summed E-state index contributed by atoms with van der Waals surface area (Å²) in [7, 11) is 0. The average molecular weight is 291 g/mol. The summed E-state index contributed by atoms with van der Waals surface area (Å²) in [4.78, 5) is 19.9. The highest BCUT2D eigenvalue weighted by molar-refractivity contribution is 6.29. The quantitative estimate of drug-likeness (QED) is 0.850. The summed E-state index contributed by atoms with van der Waals surface area (Å²) in [6, 6.07) is 9.19. The Morgan fingerprint density at radius 2 is 1.80 bits per heavy atom. The number of alkyl halides is 1. The first-order valence-corrected chi connectivity index (χ1v) is 6.65. The van der Waals surface area contributed by atoms with Crippen LogP contribution in [0.2, 0.25) is 0 Å². The molecule has 2 aromatic rings. The third kappa shape index (κ3) is 3.93. The van der Waals surface area contributed by atoms with E-state index in [1.807, 2.05) is 32.0 Å². The van der Waals surface area contributed by atoms with Crippen LogP contribution >= 0.6 is 11.6 Å². The second-order valence-electron chi connectivity index (χ2n) is 4.36. The predicted molar refractivity (Wildman–Crippen MR) is 80.6 cm³/mol. The van der Waals surface area contributed by atoms with E-state index in [1.165, 1.54) is 0 Å². The molecule has 0 atom stereocenters. The molecule has 0 spiro atoms. The third-order valence-corrected chi connectivity index (χ3v) is 2.75. The molecule has 20 heavy (non-hydrogen) atoms. The van der Waals surface area contributed by atoms with Crippen LogP contribution in [0.5, 0.6) is 0 Å². The lowest BCUT2D eigenvalue weighted by molar-refractivity contribution is -0.113. The first-order valence-electron chi connectivity index (χ1n) is 6.12. The van der Waals surface area contributed by atoms with Gasteiger partial charge in [-0.1, -0.05) is 6.07 Å². The van der Waals surface area contributed by atoms with E-state index in [4.69, 9.17) is 11.6 Å². The molecule has 1 aromatic carbocycles. The van der Waals surface area contributed by atoms with Crippen LogP contribution in [0.15, 0.2) is 30.3 Å². The Morgan fingerprint density at radius 1 is 1.15 bits per heavy atom. The normalized spacial score (nSPS) is 10.2. The van der Waals surface area contributed by atoms with Crippen molar-refractivity contribution >= 4 is 34.8 Å². The molecule has 0 saturated carbocycles. The molecule has 0 saturated heterocycles. The van der Waals surface area contributed by atoms with Crippen LogP contribution in [0.3, 0.4) is 0 Å². The molecule has 6 heteroatoms. The van der Waals surface area contributed by atoms with Crippen molar-refractivity contribution in [2.24, 2.45) is 0 Å². The minimum atomic E-state index is -0.244. The fourth-order valence-electron chi connectivity index (χ4n) is 1.78. The van der Waals surface area contributed by atoms with Crippen LogP contribution < -0.4 is 10.6 Å². The fourth-order valence-corrected chi connectivity index (χ4v) is 1.85. The Hall–Kier alpha value is -2.14. The summed E-state index contributed by atoms with van der Waals surface area (Å²) in [6.07, 6.45) is 0. The highest BCUT2D eigenvalue weighted by Gasteiger charge is 2.03. The van der Waals surface area contributed by atoms with Crippen molar-refractivity contribution in [3.05, 3.63) is 41.7 Å². The van der Waals surface area contributed by atoms with Gasteiger partial charge < -0.3 is 10.6 Å². The van der Waals surface area contributed by atoms with Gasteiger partial charge in [0.15, 0.2) is 0 Å². The number of aromatic nitrogens is 2. The number of carbonyl (C=O) groups excluding carboxylic acids is 1. The van der Waals surface area contributed by atoms with Gasteiger partial charge in [-0.05, 0) is 38.1 Å². The Morgan fingerprint density at radius 3 is 2.45 bits per heavy atom. The van der Waals surface area contributed by atoms with Gasteiger partial charge in [-0.2, -0.15) is 0 Å². The van der Waals surface area contributed by atoms with Crippen molar-refractivity contribution in [3.8, 4) is 0 Å². The smallest absolute Gasteiger partial charge is 0.239 e. The van der Waals surface area contributed by atoms with E-state index < -0.39 is 0 Å². The van der Waals surface area contributed by atoms with E-state index in [2.05, 4.69) is 20.6 Å². The number of hydrogen-bond donors (Lipinski definition) is 2. The molecule has 0 unspecified atom stereocenters. The van der Waals surface area contributed by atoms with Crippen molar-refractivity contribution < 1.29 is 4.79 Å². The first-order chi connectivity index (χ1) is 9.56. The number of benzene rings is 1. The van der Waals surface area contributed by atoms with E-state index in [0.29, 0.717) is 11.6 Å². The zero-order chi connectivity index (χ0) is 14.5. The molecule has 1 aromatic heterocycles. The SMILES string of the molecule is Cc1cc(C)nc(Nc2cccc(NC(=O)CCl)c2)n1. The second kappa shape index (κ2) is 6.34. The van der Waals surface area contributed by atoms with Crippen LogP contribution in [0.25, 0.3) is 0 Å². The maximum absolute atomic E-state index is 11.3. The Kier molecular flexibility index (Phi) is 4.53. The number of halogens is 1. The zero-order valence-corrected chi connectivity index (χ0v) is 12.0. The lowest BCUT2D eigenvalue weighted by Crippen LogP contribution is -2.12. The lowest BCUT2D eigenvalue weighted by atomic mass is 10.2. The molecule has 1 amide bonds. The van der Waals surface area contributed by atoms with Gasteiger partial charge in [-0.15, -0.1) is 11.6 Å². The number of amides is 1. The molecule has 1 heterocycles. The number of anilines is 3. The third-order valence-electron chi connectivity index (χ3n) is 2.51. The van der Waals surface area contributed by atoms with Gasteiger partial charge in [0.25, 0.3) is 0 Å². The second-order valence-corrected chi connectivity index (χ2v) is 4.63.